The Bertz CT molecular complexity index is 699. The predicted molar refractivity (Wildman–Crippen MR) is 93.4 cm³/mol. The number of aryl methyl sites for hydroxylation is 1. The first-order valence-corrected chi connectivity index (χ1v) is 8.25. The molecule has 0 saturated carbocycles. The lowest BCUT2D eigenvalue weighted by Crippen LogP contribution is -2.41. The lowest BCUT2D eigenvalue weighted by molar-refractivity contribution is -0.139. The molecule has 1 aliphatic carbocycles. The molecule has 1 aliphatic rings. The highest BCUT2D eigenvalue weighted by atomic mass is 16.5. The molecule has 24 heavy (non-hydrogen) atoms. The van der Waals surface area contributed by atoms with Gasteiger partial charge in [-0.1, -0.05) is 36.4 Å². The smallest absolute Gasteiger partial charge is 0.319 e. The SMILES string of the molecule is COC(=O)CN[C@@H]1CCc2ccc(OC)cc2[C@H]1c1ccccc1. The van der Waals surface area contributed by atoms with Gasteiger partial charge in [-0.25, -0.2) is 0 Å². The molecule has 0 spiro atoms. The highest BCUT2D eigenvalue weighted by Gasteiger charge is 2.31. The summed E-state index contributed by atoms with van der Waals surface area (Å²) in [5.41, 5.74) is 3.86. The highest BCUT2D eigenvalue weighted by molar-refractivity contribution is 5.71. The van der Waals surface area contributed by atoms with Gasteiger partial charge < -0.3 is 14.8 Å². The molecule has 0 unspecified atom stereocenters. The molecule has 3 rings (SSSR count). The van der Waals surface area contributed by atoms with Crippen LogP contribution in [0.25, 0.3) is 0 Å². The number of fused-ring (bicyclic) bond motifs is 1. The molecule has 1 N–H and O–H groups in total. The molecule has 0 aromatic heterocycles. The molecule has 0 heterocycles. The van der Waals surface area contributed by atoms with Gasteiger partial charge in [0.1, 0.15) is 5.75 Å². The van der Waals surface area contributed by atoms with Gasteiger partial charge in [0.05, 0.1) is 20.8 Å². The molecule has 0 aliphatic heterocycles. The van der Waals surface area contributed by atoms with Crippen molar-refractivity contribution in [3.63, 3.8) is 0 Å². The molecule has 2 aromatic carbocycles. The minimum Gasteiger partial charge on any atom is -0.497 e. The maximum absolute atomic E-state index is 11.5. The summed E-state index contributed by atoms with van der Waals surface area (Å²) in [7, 11) is 3.11. The standard InChI is InChI=1S/C20H23NO3/c1-23-16-10-8-14-9-11-18(21-13-19(22)24-2)20(17(14)12-16)15-6-4-3-5-7-15/h3-8,10,12,18,20-21H,9,11,13H2,1-2H3/t18-,20-/m1/s1. The zero-order chi connectivity index (χ0) is 16.9. The van der Waals surface area contributed by atoms with Crippen molar-refractivity contribution in [1.82, 2.24) is 5.32 Å². The van der Waals surface area contributed by atoms with Gasteiger partial charge in [0.15, 0.2) is 0 Å². The number of carbonyl (C=O) groups is 1. The molecule has 0 saturated heterocycles. The van der Waals surface area contributed by atoms with Crippen LogP contribution in [0.3, 0.4) is 0 Å². The van der Waals surface area contributed by atoms with Gasteiger partial charge in [0.2, 0.25) is 0 Å². The van der Waals surface area contributed by atoms with Gasteiger partial charge in [0, 0.05) is 12.0 Å². The molecule has 0 amide bonds. The Morgan fingerprint density at radius 2 is 1.96 bits per heavy atom. The van der Waals surface area contributed by atoms with Crippen LogP contribution in [0.15, 0.2) is 48.5 Å². The van der Waals surface area contributed by atoms with Crippen LogP contribution in [-0.4, -0.2) is 32.8 Å². The van der Waals surface area contributed by atoms with E-state index >= 15 is 0 Å². The maximum Gasteiger partial charge on any atom is 0.319 e. The van der Waals surface area contributed by atoms with Crippen molar-refractivity contribution in [1.29, 1.82) is 0 Å². The van der Waals surface area contributed by atoms with E-state index in [4.69, 9.17) is 9.47 Å². The van der Waals surface area contributed by atoms with Crippen LogP contribution < -0.4 is 10.1 Å². The Balaban J connectivity index is 1.96. The molecule has 4 nitrogen and oxygen atoms in total. The average molecular weight is 325 g/mol. The van der Waals surface area contributed by atoms with Crippen LogP contribution in [0.1, 0.15) is 29.0 Å². The van der Waals surface area contributed by atoms with E-state index in [0.29, 0.717) is 0 Å². The van der Waals surface area contributed by atoms with Gasteiger partial charge in [-0.05, 0) is 41.7 Å². The Morgan fingerprint density at radius 1 is 1.17 bits per heavy atom. The first kappa shape index (κ1) is 16.5. The predicted octanol–water partition coefficient (Wildman–Crippen LogP) is 2.90. The highest BCUT2D eigenvalue weighted by Crippen LogP contribution is 2.38. The van der Waals surface area contributed by atoms with Gasteiger partial charge in [-0.2, -0.15) is 0 Å². The van der Waals surface area contributed by atoms with E-state index in [0.717, 1.165) is 18.6 Å². The molecule has 126 valence electrons. The van der Waals surface area contributed by atoms with Crippen LogP contribution in [0.4, 0.5) is 0 Å². The summed E-state index contributed by atoms with van der Waals surface area (Å²) in [4.78, 5) is 11.5. The maximum atomic E-state index is 11.5. The van der Waals surface area contributed by atoms with E-state index in [1.807, 2.05) is 12.1 Å². The van der Waals surface area contributed by atoms with Crippen molar-refractivity contribution < 1.29 is 14.3 Å². The summed E-state index contributed by atoms with van der Waals surface area (Å²) in [6.07, 6.45) is 1.97. The Labute approximate surface area is 142 Å². The zero-order valence-electron chi connectivity index (χ0n) is 14.1. The molecule has 0 bridgehead atoms. The lowest BCUT2D eigenvalue weighted by atomic mass is 9.75. The van der Waals surface area contributed by atoms with Crippen LogP contribution in [-0.2, 0) is 16.0 Å². The lowest BCUT2D eigenvalue weighted by Gasteiger charge is -2.35. The quantitative estimate of drug-likeness (QED) is 0.859. The topological polar surface area (TPSA) is 47.6 Å². The van der Waals surface area contributed by atoms with Crippen molar-refractivity contribution in [3.05, 3.63) is 65.2 Å². The second-order valence-electron chi connectivity index (χ2n) is 6.06. The first-order chi connectivity index (χ1) is 11.7. The van der Waals surface area contributed by atoms with E-state index in [2.05, 4.69) is 41.7 Å². The van der Waals surface area contributed by atoms with E-state index in [1.165, 1.54) is 23.8 Å². The summed E-state index contributed by atoms with van der Waals surface area (Å²) in [5.74, 6) is 0.816. The first-order valence-electron chi connectivity index (χ1n) is 8.25. The molecule has 0 radical (unpaired) electrons. The minimum atomic E-state index is -0.238. The van der Waals surface area contributed by atoms with Crippen molar-refractivity contribution >= 4 is 5.97 Å². The van der Waals surface area contributed by atoms with Gasteiger partial charge in [-0.3, -0.25) is 4.79 Å². The number of nitrogens with one attached hydrogen (secondary N) is 1. The van der Waals surface area contributed by atoms with Crippen molar-refractivity contribution in [2.75, 3.05) is 20.8 Å². The summed E-state index contributed by atoms with van der Waals surface area (Å²) < 4.78 is 10.2. The normalized spacial score (nSPS) is 19.4. The van der Waals surface area contributed by atoms with E-state index in [1.54, 1.807) is 7.11 Å². The number of rotatable bonds is 5. The van der Waals surface area contributed by atoms with Gasteiger partial charge in [-0.15, -0.1) is 0 Å². The summed E-state index contributed by atoms with van der Waals surface area (Å²) in [5, 5.41) is 3.38. The fourth-order valence-electron chi connectivity index (χ4n) is 3.49. The molecule has 4 heteroatoms. The third kappa shape index (κ3) is 3.44. The number of ether oxygens (including phenoxy) is 2. The number of carbonyl (C=O) groups excluding carboxylic acids is 1. The van der Waals surface area contributed by atoms with E-state index in [9.17, 15) is 4.79 Å². The fraction of sp³-hybridized carbons (Fsp3) is 0.350. The number of esters is 1. The molecule has 2 aromatic rings. The summed E-state index contributed by atoms with van der Waals surface area (Å²) in [6.45, 7) is 0.226. The average Bonchev–Trinajstić information content (AvgIpc) is 2.65. The van der Waals surface area contributed by atoms with Crippen molar-refractivity contribution in [3.8, 4) is 5.75 Å². The Morgan fingerprint density at radius 3 is 2.67 bits per heavy atom. The largest absolute Gasteiger partial charge is 0.497 e. The van der Waals surface area contributed by atoms with Gasteiger partial charge >= 0.3 is 5.97 Å². The van der Waals surface area contributed by atoms with Gasteiger partial charge in [0.25, 0.3) is 0 Å². The number of hydrogen-bond acceptors (Lipinski definition) is 4. The van der Waals surface area contributed by atoms with Crippen molar-refractivity contribution in [2.45, 2.75) is 24.8 Å². The Kier molecular flexibility index (Phi) is 5.16. The minimum absolute atomic E-state index is 0.186. The number of methoxy groups -OCH3 is 2. The van der Waals surface area contributed by atoms with Crippen LogP contribution >= 0.6 is 0 Å². The van der Waals surface area contributed by atoms with Crippen LogP contribution in [0.5, 0.6) is 5.75 Å². The second kappa shape index (κ2) is 7.49. The summed E-state index contributed by atoms with van der Waals surface area (Å²) >= 11 is 0. The number of benzene rings is 2. The monoisotopic (exact) mass is 325 g/mol. The molecular formula is C20H23NO3. The number of hydrogen-bond donors (Lipinski definition) is 1. The Hall–Kier alpha value is -2.33. The third-order valence-corrected chi connectivity index (χ3v) is 4.71. The second-order valence-corrected chi connectivity index (χ2v) is 6.06. The van der Waals surface area contributed by atoms with Crippen LogP contribution in [0, 0.1) is 0 Å². The van der Waals surface area contributed by atoms with E-state index in [-0.39, 0.29) is 24.5 Å². The zero-order valence-corrected chi connectivity index (χ0v) is 14.1. The fourth-order valence-corrected chi connectivity index (χ4v) is 3.49. The third-order valence-electron chi connectivity index (χ3n) is 4.71. The van der Waals surface area contributed by atoms with Crippen LogP contribution in [0.2, 0.25) is 0 Å². The summed E-state index contributed by atoms with van der Waals surface area (Å²) in [6, 6.07) is 16.9. The van der Waals surface area contributed by atoms with Crippen molar-refractivity contribution in [2.24, 2.45) is 0 Å². The molecular weight excluding hydrogens is 302 g/mol. The van der Waals surface area contributed by atoms with E-state index < -0.39 is 0 Å². The molecule has 0 fully saturated rings. The molecule has 2 atom stereocenters.